The molecule has 0 amide bonds. The quantitative estimate of drug-likeness (QED) is 0.756. The Kier molecular flexibility index (Phi) is 3.10. The van der Waals surface area contributed by atoms with Gasteiger partial charge >= 0.3 is 0 Å². The Hall–Kier alpha value is 0.270. The minimum atomic E-state index is 0.329. The van der Waals surface area contributed by atoms with Crippen LogP contribution >= 0.6 is 11.8 Å². The first-order chi connectivity index (χ1) is 6.69. The molecule has 14 heavy (non-hydrogen) atoms. The summed E-state index contributed by atoms with van der Waals surface area (Å²) in [5.41, 5.74) is 6.36. The van der Waals surface area contributed by atoms with Crippen molar-refractivity contribution < 1.29 is 0 Å². The Morgan fingerprint density at radius 3 is 2.71 bits per heavy atom. The van der Waals surface area contributed by atoms with Gasteiger partial charge in [0.1, 0.15) is 0 Å². The molecule has 0 saturated carbocycles. The van der Waals surface area contributed by atoms with Gasteiger partial charge in [-0.1, -0.05) is 13.8 Å². The summed E-state index contributed by atoms with van der Waals surface area (Å²) in [6, 6.07) is 0. The third kappa shape index (κ3) is 1.59. The van der Waals surface area contributed by atoms with Gasteiger partial charge in [-0.3, -0.25) is 4.90 Å². The van der Waals surface area contributed by atoms with Gasteiger partial charge in [-0.15, -0.1) is 0 Å². The van der Waals surface area contributed by atoms with E-state index >= 15 is 0 Å². The Balaban J connectivity index is 2.11. The Labute approximate surface area is 91.6 Å². The van der Waals surface area contributed by atoms with E-state index in [2.05, 4.69) is 30.5 Å². The average molecular weight is 214 g/mol. The van der Waals surface area contributed by atoms with Crippen molar-refractivity contribution in [3.05, 3.63) is 0 Å². The van der Waals surface area contributed by atoms with E-state index in [0.717, 1.165) is 17.7 Å². The zero-order valence-corrected chi connectivity index (χ0v) is 10.1. The van der Waals surface area contributed by atoms with E-state index in [4.69, 9.17) is 5.73 Å². The molecule has 2 aliphatic rings. The van der Waals surface area contributed by atoms with Gasteiger partial charge in [0, 0.05) is 23.9 Å². The molecule has 2 fully saturated rings. The van der Waals surface area contributed by atoms with Crippen molar-refractivity contribution >= 4 is 11.8 Å². The van der Waals surface area contributed by atoms with Crippen molar-refractivity contribution in [3.63, 3.8) is 0 Å². The average Bonchev–Trinajstić information content (AvgIpc) is 2.73. The third-order valence-corrected chi connectivity index (χ3v) is 5.45. The summed E-state index contributed by atoms with van der Waals surface area (Å²) >= 11 is 2.10. The lowest BCUT2D eigenvalue weighted by Gasteiger charge is -2.41. The first-order valence-electron chi connectivity index (χ1n) is 5.76. The van der Waals surface area contributed by atoms with Crippen LogP contribution in [0.5, 0.6) is 0 Å². The van der Waals surface area contributed by atoms with Gasteiger partial charge in [0.2, 0.25) is 0 Å². The molecule has 3 atom stereocenters. The highest BCUT2D eigenvalue weighted by atomic mass is 32.2. The van der Waals surface area contributed by atoms with Crippen LogP contribution in [0.1, 0.15) is 26.7 Å². The van der Waals surface area contributed by atoms with Crippen molar-refractivity contribution in [1.29, 1.82) is 0 Å². The maximum atomic E-state index is 6.03. The molecule has 0 aromatic heterocycles. The maximum Gasteiger partial charge on any atom is 0.0455 e. The van der Waals surface area contributed by atoms with Crippen molar-refractivity contribution in [2.45, 2.75) is 37.5 Å². The van der Waals surface area contributed by atoms with Gasteiger partial charge in [-0.2, -0.15) is 11.8 Å². The molecule has 0 aromatic rings. The monoisotopic (exact) mass is 214 g/mol. The molecule has 0 spiro atoms. The lowest BCUT2D eigenvalue weighted by molar-refractivity contribution is 0.124. The highest BCUT2D eigenvalue weighted by Gasteiger charge is 2.46. The maximum absolute atomic E-state index is 6.03. The highest BCUT2D eigenvalue weighted by Crippen LogP contribution is 2.41. The zero-order chi connectivity index (χ0) is 10.2. The van der Waals surface area contributed by atoms with E-state index < -0.39 is 0 Å². The summed E-state index contributed by atoms with van der Waals surface area (Å²) < 4.78 is 0. The number of hydrogen-bond donors (Lipinski definition) is 1. The van der Waals surface area contributed by atoms with Gasteiger partial charge in [0.25, 0.3) is 0 Å². The van der Waals surface area contributed by atoms with Gasteiger partial charge in [-0.05, 0) is 31.1 Å². The number of likely N-dealkylation sites (tertiary alicyclic amines) is 1. The fourth-order valence-corrected chi connectivity index (χ4v) is 4.42. The summed E-state index contributed by atoms with van der Waals surface area (Å²) in [5.74, 6) is 2.17. The molecular weight excluding hydrogens is 192 g/mol. The Morgan fingerprint density at radius 1 is 1.50 bits per heavy atom. The minimum Gasteiger partial charge on any atom is -0.329 e. The normalized spacial score (nSPS) is 44.8. The predicted molar refractivity (Wildman–Crippen MR) is 63.7 cm³/mol. The van der Waals surface area contributed by atoms with Crippen molar-refractivity contribution in [3.8, 4) is 0 Å². The molecule has 0 aliphatic carbocycles. The summed E-state index contributed by atoms with van der Waals surface area (Å²) in [6.45, 7) is 8.09. The topological polar surface area (TPSA) is 29.3 Å². The number of nitrogens with zero attached hydrogens (tertiary/aromatic N) is 1. The second kappa shape index (κ2) is 4.03. The van der Waals surface area contributed by atoms with Crippen molar-refractivity contribution in [2.75, 3.05) is 25.4 Å². The second-order valence-electron chi connectivity index (χ2n) is 4.91. The van der Waals surface area contributed by atoms with E-state index in [1.165, 1.54) is 31.7 Å². The smallest absolute Gasteiger partial charge is 0.0455 e. The molecule has 2 saturated heterocycles. The van der Waals surface area contributed by atoms with Gasteiger partial charge in [0.05, 0.1) is 0 Å². The molecule has 2 rings (SSSR count). The molecule has 3 heteroatoms. The van der Waals surface area contributed by atoms with Crippen LogP contribution in [-0.4, -0.2) is 41.1 Å². The van der Waals surface area contributed by atoms with Crippen LogP contribution in [0.2, 0.25) is 0 Å². The van der Waals surface area contributed by atoms with Crippen molar-refractivity contribution in [2.24, 2.45) is 11.7 Å². The standard InChI is InChI=1S/C11H22N2S/c1-9-3-5-13(7-9)11(8-12)4-6-14-10(11)2/h9-10H,3-8,12H2,1-2H3. The van der Waals surface area contributed by atoms with E-state index in [0.29, 0.717) is 5.54 Å². The van der Waals surface area contributed by atoms with Crippen LogP contribution in [0.15, 0.2) is 0 Å². The highest BCUT2D eigenvalue weighted by molar-refractivity contribution is 8.00. The number of hydrogen-bond acceptors (Lipinski definition) is 3. The molecule has 2 nitrogen and oxygen atoms in total. The first kappa shape index (κ1) is 10.8. The second-order valence-corrected chi connectivity index (χ2v) is 6.36. The molecule has 0 aromatic carbocycles. The number of rotatable bonds is 2. The van der Waals surface area contributed by atoms with E-state index in [9.17, 15) is 0 Å². The molecule has 2 N–H and O–H groups in total. The molecule has 2 heterocycles. The largest absolute Gasteiger partial charge is 0.329 e. The number of thioether (sulfide) groups is 1. The number of nitrogens with two attached hydrogens (primary N) is 1. The Bertz CT molecular complexity index is 209. The van der Waals surface area contributed by atoms with E-state index in [1.807, 2.05) is 0 Å². The summed E-state index contributed by atoms with van der Waals surface area (Å²) in [6.07, 6.45) is 2.65. The summed E-state index contributed by atoms with van der Waals surface area (Å²) in [7, 11) is 0. The minimum absolute atomic E-state index is 0.329. The molecule has 0 radical (unpaired) electrons. The van der Waals surface area contributed by atoms with Crippen LogP contribution in [0.4, 0.5) is 0 Å². The molecule has 82 valence electrons. The van der Waals surface area contributed by atoms with E-state index in [-0.39, 0.29) is 0 Å². The van der Waals surface area contributed by atoms with Crippen LogP contribution in [0.3, 0.4) is 0 Å². The lowest BCUT2D eigenvalue weighted by atomic mass is 9.91. The molecule has 0 bridgehead atoms. The molecule has 2 aliphatic heterocycles. The van der Waals surface area contributed by atoms with Crippen LogP contribution in [-0.2, 0) is 0 Å². The van der Waals surface area contributed by atoms with E-state index in [1.54, 1.807) is 0 Å². The third-order valence-electron chi connectivity index (χ3n) is 4.07. The van der Waals surface area contributed by atoms with Crippen LogP contribution in [0, 0.1) is 5.92 Å². The van der Waals surface area contributed by atoms with Crippen molar-refractivity contribution in [1.82, 2.24) is 4.90 Å². The molecule has 3 unspecified atom stereocenters. The fraction of sp³-hybridized carbons (Fsp3) is 1.00. The van der Waals surface area contributed by atoms with Crippen LogP contribution in [0.25, 0.3) is 0 Å². The molecular formula is C11H22N2S. The predicted octanol–water partition coefficient (Wildman–Crippen LogP) is 1.55. The van der Waals surface area contributed by atoms with Gasteiger partial charge in [0.15, 0.2) is 0 Å². The summed E-state index contributed by atoms with van der Waals surface area (Å²) in [4.78, 5) is 2.67. The zero-order valence-electron chi connectivity index (χ0n) is 9.33. The van der Waals surface area contributed by atoms with Gasteiger partial charge < -0.3 is 5.73 Å². The summed E-state index contributed by atoms with van der Waals surface area (Å²) in [5, 5.41) is 0.720. The fourth-order valence-electron chi connectivity index (χ4n) is 2.92. The first-order valence-corrected chi connectivity index (χ1v) is 6.80. The Morgan fingerprint density at radius 2 is 2.29 bits per heavy atom. The SMILES string of the molecule is CC1CCN(C2(CN)CCSC2C)C1. The van der Waals surface area contributed by atoms with Crippen LogP contribution < -0.4 is 5.73 Å². The lowest BCUT2D eigenvalue weighted by Crippen LogP contribution is -2.56. The van der Waals surface area contributed by atoms with Gasteiger partial charge in [-0.25, -0.2) is 0 Å².